The molecule has 0 bridgehead atoms. The molecule has 0 unspecified atom stereocenters. The average molecular weight is 297 g/mol. The van der Waals surface area contributed by atoms with Crippen LogP contribution in [0.25, 0.3) is 6.08 Å². The molecule has 112 valence electrons. The van der Waals surface area contributed by atoms with Crippen molar-refractivity contribution < 1.29 is 9.72 Å². The zero-order valence-electron chi connectivity index (χ0n) is 11.9. The largest absolute Gasteiger partial charge is 0.323 e. The van der Waals surface area contributed by atoms with Crippen LogP contribution in [0.3, 0.4) is 0 Å². The summed E-state index contributed by atoms with van der Waals surface area (Å²) in [7, 11) is 0. The number of carbonyl (C=O) groups is 1. The minimum atomic E-state index is -0.513. The molecule has 2 aromatic carbocycles. The SMILES string of the molecule is Cc1ccccc1/C=C/NC(=O)Nc1cccc([N+](=O)[O-])c1. The number of aryl methyl sites for hydroxylation is 1. The summed E-state index contributed by atoms with van der Waals surface area (Å²) < 4.78 is 0. The number of nitrogens with one attached hydrogen (secondary N) is 2. The van der Waals surface area contributed by atoms with Crippen LogP contribution in [0.5, 0.6) is 0 Å². The van der Waals surface area contributed by atoms with Gasteiger partial charge in [0.2, 0.25) is 0 Å². The van der Waals surface area contributed by atoms with Crippen LogP contribution in [0.1, 0.15) is 11.1 Å². The number of amides is 2. The topological polar surface area (TPSA) is 84.3 Å². The Morgan fingerprint density at radius 2 is 1.95 bits per heavy atom. The van der Waals surface area contributed by atoms with Crippen molar-refractivity contribution in [3.63, 3.8) is 0 Å². The van der Waals surface area contributed by atoms with Gasteiger partial charge in [-0.3, -0.25) is 10.1 Å². The van der Waals surface area contributed by atoms with Crippen LogP contribution in [0.15, 0.2) is 54.7 Å². The Balaban J connectivity index is 1.95. The smallest absolute Gasteiger partial charge is 0.314 e. The Morgan fingerprint density at radius 1 is 1.18 bits per heavy atom. The third-order valence-corrected chi connectivity index (χ3v) is 2.98. The Kier molecular flexibility index (Phi) is 4.87. The Hall–Kier alpha value is -3.15. The third kappa shape index (κ3) is 4.17. The van der Waals surface area contributed by atoms with E-state index in [2.05, 4.69) is 10.6 Å². The van der Waals surface area contributed by atoms with Crippen LogP contribution in [-0.2, 0) is 0 Å². The van der Waals surface area contributed by atoms with Crippen molar-refractivity contribution in [1.29, 1.82) is 0 Å². The lowest BCUT2D eigenvalue weighted by atomic mass is 10.1. The number of nitro groups is 1. The first-order chi connectivity index (χ1) is 10.6. The van der Waals surface area contributed by atoms with Gasteiger partial charge in [0.25, 0.3) is 5.69 Å². The van der Waals surface area contributed by atoms with Crippen LogP contribution >= 0.6 is 0 Å². The zero-order chi connectivity index (χ0) is 15.9. The van der Waals surface area contributed by atoms with Crippen molar-refractivity contribution in [2.45, 2.75) is 6.92 Å². The number of urea groups is 1. The lowest BCUT2D eigenvalue weighted by Crippen LogP contribution is -2.23. The molecule has 0 fully saturated rings. The lowest BCUT2D eigenvalue weighted by molar-refractivity contribution is -0.384. The van der Waals surface area contributed by atoms with Crippen molar-refractivity contribution >= 4 is 23.5 Å². The summed E-state index contributed by atoms with van der Waals surface area (Å²) in [4.78, 5) is 21.9. The molecule has 2 aromatic rings. The van der Waals surface area contributed by atoms with Crippen molar-refractivity contribution in [1.82, 2.24) is 5.32 Å². The molecule has 0 heterocycles. The monoisotopic (exact) mass is 297 g/mol. The molecule has 2 N–H and O–H groups in total. The van der Waals surface area contributed by atoms with E-state index in [1.165, 1.54) is 24.4 Å². The minimum Gasteiger partial charge on any atom is -0.314 e. The van der Waals surface area contributed by atoms with E-state index >= 15 is 0 Å². The summed E-state index contributed by atoms with van der Waals surface area (Å²) >= 11 is 0. The van der Waals surface area contributed by atoms with Gasteiger partial charge >= 0.3 is 6.03 Å². The summed E-state index contributed by atoms with van der Waals surface area (Å²) in [5, 5.41) is 15.8. The summed E-state index contributed by atoms with van der Waals surface area (Å²) in [6.07, 6.45) is 3.30. The number of anilines is 1. The summed E-state index contributed by atoms with van der Waals surface area (Å²) in [5.74, 6) is 0. The highest BCUT2D eigenvalue weighted by molar-refractivity contribution is 5.90. The maximum absolute atomic E-state index is 11.7. The molecular weight excluding hydrogens is 282 g/mol. The fraction of sp³-hybridized carbons (Fsp3) is 0.0625. The van der Waals surface area contributed by atoms with Crippen LogP contribution in [0, 0.1) is 17.0 Å². The maximum atomic E-state index is 11.7. The lowest BCUT2D eigenvalue weighted by Gasteiger charge is -2.04. The van der Waals surface area contributed by atoms with Crippen molar-refractivity contribution in [2.24, 2.45) is 0 Å². The van der Waals surface area contributed by atoms with Gasteiger partial charge in [-0.2, -0.15) is 0 Å². The van der Waals surface area contributed by atoms with Gasteiger partial charge in [0.05, 0.1) is 4.92 Å². The van der Waals surface area contributed by atoms with Gasteiger partial charge in [-0.1, -0.05) is 30.3 Å². The van der Waals surface area contributed by atoms with Crippen molar-refractivity contribution in [3.05, 3.63) is 76.0 Å². The van der Waals surface area contributed by atoms with Gasteiger partial charge in [0.15, 0.2) is 0 Å². The predicted octanol–water partition coefficient (Wildman–Crippen LogP) is 3.70. The highest BCUT2D eigenvalue weighted by Gasteiger charge is 2.07. The summed E-state index contributed by atoms with van der Waals surface area (Å²) in [6, 6.07) is 13.0. The van der Waals surface area contributed by atoms with Crippen LogP contribution in [0.2, 0.25) is 0 Å². The molecule has 0 saturated carbocycles. The molecule has 0 aliphatic rings. The van der Waals surface area contributed by atoms with Crippen LogP contribution in [-0.4, -0.2) is 11.0 Å². The number of benzene rings is 2. The molecule has 6 heteroatoms. The van der Waals surface area contributed by atoms with Crippen molar-refractivity contribution in [3.8, 4) is 0 Å². The summed E-state index contributed by atoms with van der Waals surface area (Å²) in [5.41, 5.74) is 2.38. The molecule has 0 aliphatic carbocycles. The fourth-order valence-corrected chi connectivity index (χ4v) is 1.85. The normalized spacial score (nSPS) is 10.4. The van der Waals surface area contributed by atoms with Crippen LogP contribution in [0.4, 0.5) is 16.2 Å². The molecule has 0 saturated heterocycles. The number of rotatable bonds is 4. The van der Waals surface area contributed by atoms with E-state index in [1.54, 1.807) is 12.1 Å². The van der Waals surface area contributed by atoms with Gasteiger partial charge in [-0.05, 0) is 30.2 Å². The molecule has 0 atom stereocenters. The molecular formula is C16H15N3O3. The second kappa shape index (κ2) is 7.03. The first kappa shape index (κ1) is 15.2. The zero-order valence-corrected chi connectivity index (χ0v) is 11.9. The van der Waals surface area contributed by atoms with E-state index in [-0.39, 0.29) is 5.69 Å². The summed E-state index contributed by atoms with van der Waals surface area (Å²) in [6.45, 7) is 1.98. The molecule has 0 radical (unpaired) electrons. The molecule has 0 aromatic heterocycles. The van der Waals surface area contributed by atoms with E-state index in [0.29, 0.717) is 5.69 Å². The predicted molar refractivity (Wildman–Crippen MR) is 85.5 cm³/mol. The number of non-ortho nitro benzene ring substituents is 1. The van der Waals surface area contributed by atoms with E-state index in [0.717, 1.165) is 11.1 Å². The van der Waals surface area contributed by atoms with Gasteiger partial charge in [0.1, 0.15) is 0 Å². The van der Waals surface area contributed by atoms with E-state index in [9.17, 15) is 14.9 Å². The Labute approximate surface area is 127 Å². The minimum absolute atomic E-state index is 0.0757. The van der Waals surface area contributed by atoms with Gasteiger partial charge in [0, 0.05) is 24.0 Å². The maximum Gasteiger partial charge on any atom is 0.323 e. The highest BCUT2D eigenvalue weighted by Crippen LogP contribution is 2.16. The van der Waals surface area contributed by atoms with Gasteiger partial charge < -0.3 is 10.6 Å². The fourth-order valence-electron chi connectivity index (χ4n) is 1.85. The molecule has 2 amide bonds. The first-order valence-electron chi connectivity index (χ1n) is 6.60. The molecule has 2 rings (SSSR count). The number of hydrogen-bond acceptors (Lipinski definition) is 3. The number of hydrogen-bond donors (Lipinski definition) is 2. The van der Waals surface area contributed by atoms with E-state index in [4.69, 9.17) is 0 Å². The number of nitrogens with zero attached hydrogens (tertiary/aromatic N) is 1. The molecule has 6 nitrogen and oxygen atoms in total. The molecule has 0 aliphatic heterocycles. The van der Waals surface area contributed by atoms with Crippen LogP contribution < -0.4 is 10.6 Å². The molecule has 22 heavy (non-hydrogen) atoms. The second-order valence-electron chi connectivity index (χ2n) is 4.60. The number of carbonyl (C=O) groups excluding carboxylic acids is 1. The highest BCUT2D eigenvalue weighted by atomic mass is 16.6. The van der Waals surface area contributed by atoms with Gasteiger partial charge in [-0.15, -0.1) is 0 Å². The Morgan fingerprint density at radius 3 is 2.68 bits per heavy atom. The molecule has 0 spiro atoms. The number of nitro benzene ring substituents is 1. The van der Waals surface area contributed by atoms with Gasteiger partial charge in [-0.25, -0.2) is 4.79 Å². The van der Waals surface area contributed by atoms with Crippen molar-refractivity contribution in [2.75, 3.05) is 5.32 Å². The van der Waals surface area contributed by atoms with E-state index in [1.807, 2.05) is 31.2 Å². The third-order valence-electron chi connectivity index (χ3n) is 2.98. The van der Waals surface area contributed by atoms with E-state index < -0.39 is 11.0 Å². The Bertz CT molecular complexity index is 726. The first-order valence-corrected chi connectivity index (χ1v) is 6.60. The quantitative estimate of drug-likeness (QED) is 0.666. The standard InChI is InChI=1S/C16H15N3O3/c1-12-5-2-3-6-13(12)9-10-17-16(20)18-14-7-4-8-15(11-14)19(21)22/h2-11H,1H3,(H2,17,18,20)/b10-9+. The average Bonchev–Trinajstić information content (AvgIpc) is 2.49. The second-order valence-corrected chi connectivity index (χ2v) is 4.60.